The van der Waals surface area contributed by atoms with E-state index in [0.29, 0.717) is 0 Å². The van der Waals surface area contributed by atoms with E-state index in [9.17, 15) is 116 Å². The molecule has 0 radical (unpaired) electrons. The van der Waals surface area contributed by atoms with Gasteiger partial charge >= 0.3 is 5.97 Å². The largest absolute Gasteiger partial charge is 0.477 e. The number of carboxylic acids is 1. The molecule has 3 amide bonds. The Labute approximate surface area is 463 Å². The normalized spacial score (nSPS) is 46.3. The zero-order valence-corrected chi connectivity index (χ0v) is 43.9. The Morgan fingerprint density at radius 2 is 0.951 bits per heavy atom. The van der Waals surface area contributed by atoms with Gasteiger partial charge < -0.3 is 165 Å². The first kappa shape index (κ1) is 67.8. The summed E-state index contributed by atoms with van der Waals surface area (Å²) in [4.78, 5) is 49.9. The minimum atomic E-state index is -3.19. The molecule has 82 heavy (non-hydrogen) atoms. The molecule has 6 saturated heterocycles. The molecule has 0 aromatic rings. The van der Waals surface area contributed by atoms with Gasteiger partial charge in [-0.1, -0.05) is 0 Å². The van der Waals surface area contributed by atoms with Gasteiger partial charge in [0.1, 0.15) is 140 Å². The molecule has 0 aromatic carbocycles. The molecule has 37 heteroatoms. The van der Waals surface area contributed by atoms with Crippen LogP contribution >= 0.6 is 0 Å². The van der Waals surface area contributed by atoms with E-state index in [4.69, 9.17) is 52.1 Å². The second-order valence-corrected chi connectivity index (χ2v) is 20.4. The predicted molar refractivity (Wildman–Crippen MR) is 251 cm³/mol. The van der Waals surface area contributed by atoms with E-state index >= 15 is 0 Å². The maximum Gasteiger partial charge on any atom is 0.364 e. The number of carboxylic acid groups (broad SMARTS) is 1. The molecule has 22 N–H and O–H groups in total. The summed E-state index contributed by atoms with van der Waals surface area (Å²) in [6.45, 7) is -3.03. The molecule has 474 valence electrons. The molecule has 0 spiro atoms. The van der Waals surface area contributed by atoms with E-state index in [1.54, 1.807) is 0 Å². The number of aliphatic hydroxyl groups is 18. The molecule has 0 aliphatic carbocycles. The minimum absolute atomic E-state index is 0.781. The van der Waals surface area contributed by atoms with Gasteiger partial charge in [0.05, 0.1) is 51.8 Å². The summed E-state index contributed by atoms with van der Waals surface area (Å²) in [5.41, 5.74) is 0. The van der Waals surface area contributed by atoms with Gasteiger partial charge in [-0.25, -0.2) is 4.79 Å². The molecule has 6 aliphatic rings. The molecular formula is C45H75N3O34. The fourth-order valence-electron chi connectivity index (χ4n) is 10.3. The first-order valence-corrected chi connectivity index (χ1v) is 25.7. The van der Waals surface area contributed by atoms with Crippen molar-refractivity contribution in [3.63, 3.8) is 0 Å². The summed E-state index contributed by atoms with van der Waals surface area (Å²) in [7, 11) is 0. The van der Waals surface area contributed by atoms with Crippen molar-refractivity contribution in [1.82, 2.24) is 16.0 Å². The van der Waals surface area contributed by atoms with Gasteiger partial charge in [-0.3, -0.25) is 14.4 Å². The number of ether oxygens (including phenoxy) is 11. The Bertz CT molecular complexity index is 2090. The van der Waals surface area contributed by atoms with Crippen LogP contribution in [0.5, 0.6) is 0 Å². The molecule has 31 atom stereocenters. The lowest BCUT2D eigenvalue weighted by Gasteiger charge is -2.51. The lowest BCUT2D eigenvalue weighted by atomic mass is 9.88. The van der Waals surface area contributed by atoms with Gasteiger partial charge in [0.15, 0.2) is 31.5 Å². The van der Waals surface area contributed by atoms with Crippen LogP contribution in [0.15, 0.2) is 0 Å². The highest BCUT2D eigenvalue weighted by atomic mass is 16.8. The summed E-state index contributed by atoms with van der Waals surface area (Å²) < 4.78 is 62.3. The molecule has 0 bridgehead atoms. The molecule has 37 nitrogen and oxygen atoms in total. The molecule has 0 saturated carbocycles. The first-order chi connectivity index (χ1) is 38.6. The molecule has 6 fully saturated rings. The second-order valence-electron chi connectivity index (χ2n) is 20.4. The number of carbonyl (C=O) groups is 4. The van der Waals surface area contributed by atoms with Crippen LogP contribution in [0.4, 0.5) is 0 Å². The number of aliphatic carboxylic acids is 1. The van der Waals surface area contributed by atoms with Gasteiger partial charge in [0.2, 0.25) is 17.7 Å². The van der Waals surface area contributed by atoms with Crippen molar-refractivity contribution in [3.05, 3.63) is 0 Å². The van der Waals surface area contributed by atoms with Gasteiger partial charge in [0.25, 0.3) is 5.79 Å². The number of aliphatic hydroxyl groups excluding tert-OH is 18. The molecule has 0 unspecified atom stereocenters. The van der Waals surface area contributed by atoms with E-state index in [-0.39, 0.29) is 0 Å². The van der Waals surface area contributed by atoms with Crippen LogP contribution in [0.25, 0.3) is 0 Å². The quantitative estimate of drug-likeness (QED) is 0.0479. The number of nitrogens with one attached hydrogen (secondary N) is 3. The van der Waals surface area contributed by atoms with Crippen molar-refractivity contribution >= 4 is 23.7 Å². The van der Waals surface area contributed by atoms with Gasteiger partial charge in [-0.15, -0.1) is 0 Å². The molecule has 0 aromatic heterocycles. The third kappa shape index (κ3) is 14.7. The summed E-state index contributed by atoms with van der Waals surface area (Å²) in [5, 5.41) is 211. The van der Waals surface area contributed by atoms with Gasteiger partial charge in [0, 0.05) is 27.2 Å². The predicted octanol–water partition coefficient (Wildman–Crippen LogP) is -14.5. The third-order valence-electron chi connectivity index (χ3n) is 14.6. The molecular weight excluding hydrogens is 1130 g/mol. The van der Waals surface area contributed by atoms with Crippen LogP contribution in [-0.4, -0.2) is 350 Å². The topological polar surface area (TPSA) is 590 Å². The van der Waals surface area contributed by atoms with Crippen LogP contribution in [-0.2, 0) is 71.3 Å². The highest BCUT2D eigenvalue weighted by molar-refractivity contribution is 5.77. The summed E-state index contributed by atoms with van der Waals surface area (Å²) in [6, 6.07) is -5.12. The maximum absolute atomic E-state index is 13.0. The van der Waals surface area contributed by atoms with Crippen molar-refractivity contribution < 1.29 is 168 Å². The zero-order valence-electron chi connectivity index (χ0n) is 43.9. The van der Waals surface area contributed by atoms with E-state index in [1.807, 2.05) is 0 Å². The average Bonchev–Trinajstić information content (AvgIpc) is 3.50. The minimum Gasteiger partial charge on any atom is -0.477 e. The molecule has 6 aliphatic heterocycles. The Morgan fingerprint density at radius 3 is 1.45 bits per heavy atom. The number of carbonyl (C=O) groups excluding carboxylic acids is 3. The smallest absolute Gasteiger partial charge is 0.364 e. The van der Waals surface area contributed by atoms with Crippen LogP contribution in [0.2, 0.25) is 0 Å². The van der Waals surface area contributed by atoms with Crippen LogP contribution in [0.1, 0.15) is 27.2 Å². The van der Waals surface area contributed by atoms with Crippen molar-refractivity contribution in [3.8, 4) is 0 Å². The standard InChI is InChI=1S/C45H75N3O34/c1-11(54)46-21-14(57)4-45(44(70)71,81-36(21)24(59)15(58)5-49)82-37-27(62)17(7-51)75-43(33(37)68)79-35-19(9-53)77-41(23(29(35)64)48-13(3)56)80-38-31(66)26(61)20(73-39(38)69)10-72-40-22(47-12(2)55)28(63)34(18(8-52)76-40)78-42-32(67)30(65)25(60)16(6-50)74-42/h14-43,49-53,57-69H,4-10H2,1-3H3,(H,46,54)(H,47,55)(H,48,56)(H,70,71)/t14-,15+,16+,17+,18+,19+,20+,21+,22+,23+,24+,25-,26+,27-,28+,29+,30-,31-,32+,33+,34+,35+,36+,37-,38-,39-,40+,41-,42-,43-,45-/m0/s1. The Balaban J connectivity index is 1.15. The van der Waals surface area contributed by atoms with Crippen molar-refractivity contribution in [1.29, 1.82) is 0 Å². The fraction of sp³-hybridized carbons (Fsp3) is 0.911. The van der Waals surface area contributed by atoms with Crippen molar-refractivity contribution in [2.45, 2.75) is 217 Å². The Hall–Kier alpha value is -3.28. The van der Waals surface area contributed by atoms with Crippen molar-refractivity contribution in [2.75, 3.05) is 39.6 Å². The highest BCUT2D eigenvalue weighted by Crippen LogP contribution is 2.39. The number of hydrogen-bond acceptors (Lipinski definition) is 33. The molecule has 6 rings (SSSR count). The lowest BCUT2D eigenvalue weighted by Crippen LogP contribution is -2.71. The maximum atomic E-state index is 13.0. The SMILES string of the molecule is CC(=O)N[C@H]1[C@H](OC[C@H]2O[C@H](O)[C@@H](O[C@@H]3O[C@H](CO)[C@@H](O[C@@H]4O[C@H](CO)[C@H](O)[C@H](O[C@]5(C(=O)O)C[C@H](O)[C@@H](NC(C)=O)[C@H]([C@H](O)[C@H](O)CO)O5)[C@H]4O)[C@H](O)[C@H]3NC(C)=O)[C@@H](O)[C@@H]2O)O[C@H](CO)[C@@H](O[C@@H]2O[C@H](CO)[C@H](O)[C@H](O)[C@H]2O)[C@@H]1O. The van der Waals surface area contributed by atoms with E-state index in [2.05, 4.69) is 16.0 Å². The van der Waals surface area contributed by atoms with Crippen LogP contribution in [0, 0.1) is 0 Å². The van der Waals surface area contributed by atoms with E-state index < -0.39 is 259 Å². The van der Waals surface area contributed by atoms with E-state index in [0.717, 1.165) is 20.8 Å². The fourth-order valence-corrected chi connectivity index (χ4v) is 10.3. The van der Waals surface area contributed by atoms with Crippen LogP contribution in [0.3, 0.4) is 0 Å². The Morgan fingerprint density at radius 1 is 0.500 bits per heavy atom. The number of rotatable bonds is 22. The molecule has 6 heterocycles. The summed E-state index contributed by atoms with van der Waals surface area (Å²) >= 11 is 0. The monoisotopic (exact) mass is 1200 g/mol. The highest BCUT2D eigenvalue weighted by Gasteiger charge is 2.61. The number of hydrogen-bond donors (Lipinski definition) is 22. The Kier molecular flexibility index (Phi) is 23.9. The number of amides is 3. The summed E-state index contributed by atoms with van der Waals surface area (Å²) in [5.74, 6) is -7.78. The average molecular weight is 1200 g/mol. The van der Waals surface area contributed by atoms with E-state index in [1.165, 1.54) is 0 Å². The van der Waals surface area contributed by atoms with Crippen LogP contribution < -0.4 is 16.0 Å². The lowest BCUT2D eigenvalue weighted by molar-refractivity contribution is -0.388. The van der Waals surface area contributed by atoms with Gasteiger partial charge in [-0.2, -0.15) is 0 Å². The third-order valence-corrected chi connectivity index (χ3v) is 14.6. The van der Waals surface area contributed by atoms with Crippen molar-refractivity contribution in [2.24, 2.45) is 0 Å². The first-order valence-electron chi connectivity index (χ1n) is 25.7. The summed E-state index contributed by atoms with van der Waals surface area (Å²) in [6.07, 6.45) is -54.6. The van der Waals surface area contributed by atoms with Gasteiger partial charge in [-0.05, 0) is 0 Å². The second kappa shape index (κ2) is 28.9. The zero-order chi connectivity index (χ0) is 61.0.